The lowest BCUT2D eigenvalue weighted by molar-refractivity contribution is 0.162. The number of benzene rings is 1. The van der Waals surface area contributed by atoms with E-state index in [0.29, 0.717) is 0 Å². The van der Waals surface area contributed by atoms with Crippen LogP contribution in [-0.2, 0) is 0 Å². The maximum Gasteiger partial charge on any atom is 0.0554 e. The van der Waals surface area contributed by atoms with Crippen molar-refractivity contribution in [2.75, 3.05) is 30.3 Å². The summed E-state index contributed by atoms with van der Waals surface area (Å²) >= 11 is 0. The van der Waals surface area contributed by atoms with E-state index in [9.17, 15) is 5.11 Å². The molecule has 4 heteroatoms. The Bertz CT molecular complexity index is 354. The summed E-state index contributed by atoms with van der Waals surface area (Å²) in [6, 6.07) is 7.87. The van der Waals surface area contributed by atoms with Crippen LogP contribution in [-0.4, -0.2) is 36.0 Å². The van der Waals surface area contributed by atoms with Gasteiger partial charge < -0.3 is 20.8 Å². The molecule has 0 radical (unpaired) electrons. The summed E-state index contributed by atoms with van der Waals surface area (Å²) < 4.78 is 0. The smallest absolute Gasteiger partial charge is 0.0554 e. The van der Waals surface area contributed by atoms with Crippen LogP contribution in [0.5, 0.6) is 0 Å². The number of aliphatic hydroxyl groups is 2. The Balaban J connectivity index is 2.55. The van der Waals surface area contributed by atoms with Gasteiger partial charge in [0, 0.05) is 31.1 Å². The van der Waals surface area contributed by atoms with Crippen LogP contribution >= 0.6 is 0 Å². The quantitative estimate of drug-likeness (QED) is 0.455. The zero-order valence-electron chi connectivity index (χ0n) is 12.5. The van der Waals surface area contributed by atoms with Gasteiger partial charge in [-0.05, 0) is 56.4 Å². The lowest BCUT2D eigenvalue weighted by Crippen LogP contribution is -2.28. The van der Waals surface area contributed by atoms with Crippen molar-refractivity contribution in [3.8, 4) is 0 Å². The fourth-order valence-corrected chi connectivity index (χ4v) is 2.16. The molecule has 0 saturated carbocycles. The topological polar surface area (TPSA) is 69.7 Å². The van der Waals surface area contributed by atoms with Crippen LogP contribution in [0.15, 0.2) is 24.3 Å². The first kappa shape index (κ1) is 16.8. The molecule has 1 aromatic carbocycles. The minimum Gasteiger partial charge on any atom is -0.399 e. The molecule has 0 aliphatic heterocycles. The number of unbranched alkanes of at least 4 members (excludes halogenated alkanes) is 2. The molecule has 20 heavy (non-hydrogen) atoms. The van der Waals surface area contributed by atoms with E-state index in [-0.39, 0.29) is 12.7 Å². The van der Waals surface area contributed by atoms with E-state index >= 15 is 0 Å². The van der Waals surface area contributed by atoms with E-state index in [1.807, 2.05) is 31.2 Å². The first-order chi connectivity index (χ1) is 9.67. The minimum atomic E-state index is -0.233. The zero-order valence-corrected chi connectivity index (χ0v) is 12.5. The number of aliphatic hydroxyl groups excluding tert-OH is 2. The summed E-state index contributed by atoms with van der Waals surface area (Å²) in [5.41, 5.74) is 7.64. The monoisotopic (exact) mass is 280 g/mol. The van der Waals surface area contributed by atoms with Gasteiger partial charge in [0.2, 0.25) is 0 Å². The summed E-state index contributed by atoms with van der Waals surface area (Å²) in [4.78, 5) is 2.29. The average molecular weight is 280 g/mol. The molecule has 0 spiro atoms. The fourth-order valence-electron chi connectivity index (χ4n) is 2.16. The van der Waals surface area contributed by atoms with Crippen molar-refractivity contribution in [1.82, 2.24) is 0 Å². The average Bonchev–Trinajstić information content (AvgIpc) is 2.47. The van der Waals surface area contributed by atoms with Gasteiger partial charge in [-0.2, -0.15) is 0 Å². The Kier molecular flexibility index (Phi) is 8.07. The van der Waals surface area contributed by atoms with E-state index in [2.05, 4.69) is 4.90 Å². The van der Waals surface area contributed by atoms with Gasteiger partial charge in [0.1, 0.15) is 0 Å². The number of rotatable bonds is 10. The molecule has 0 aliphatic rings. The fraction of sp³-hybridized carbons (Fsp3) is 0.625. The van der Waals surface area contributed by atoms with Crippen molar-refractivity contribution in [3.63, 3.8) is 0 Å². The van der Waals surface area contributed by atoms with E-state index in [1.54, 1.807) is 0 Å². The molecule has 0 fully saturated rings. The molecule has 114 valence electrons. The maximum atomic E-state index is 9.73. The lowest BCUT2D eigenvalue weighted by atomic mass is 10.1. The Morgan fingerprint density at radius 1 is 1.10 bits per heavy atom. The summed E-state index contributed by atoms with van der Waals surface area (Å²) in [6.45, 7) is 4.05. The van der Waals surface area contributed by atoms with Crippen LogP contribution in [0.25, 0.3) is 0 Å². The van der Waals surface area contributed by atoms with Crippen molar-refractivity contribution in [3.05, 3.63) is 24.3 Å². The molecule has 0 saturated heterocycles. The predicted octanol–water partition coefficient (Wildman–Crippen LogP) is 2.40. The Labute approximate surface area is 122 Å². The number of nitrogens with two attached hydrogens (primary N) is 1. The molecule has 0 aromatic heterocycles. The minimum absolute atomic E-state index is 0.233. The summed E-state index contributed by atoms with van der Waals surface area (Å²) in [6.07, 6.45) is 4.27. The third-order valence-corrected chi connectivity index (χ3v) is 3.55. The van der Waals surface area contributed by atoms with Gasteiger partial charge in [-0.1, -0.05) is 6.92 Å². The van der Waals surface area contributed by atoms with Gasteiger partial charge in [-0.15, -0.1) is 0 Å². The number of hydrogen-bond acceptors (Lipinski definition) is 4. The van der Waals surface area contributed by atoms with Gasteiger partial charge in [0.05, 0.1) is 6.10 Å². The second-order valence-corrected chi connectivity index (χ2v) is 5.21. The van der Waals surface area contributed by atoms with Crippen molar-refractivity contribution in [2.24, 2.45) is 0 Å². The molecule has 0 aliphatic carbocycles. The van der Waals surface area contributed by atoms with Crippen LogP contribution in [0.2, 0.25) is 0 Å². The number of hydrogen-bond donors (Lipinski definition) is 3. The standard InChI is InChI=1S/C16H28N2O2/c1-2-16(20)10-12-18(11-4-3-5-13-19)15-8-6-14(17)7-9-15/h6-9,16,19-20H,2-5,10-13,17H2,1H3. The second kappa shape index (κ2) is 9.61. The van der Waals surface area contributed by atoms with Crippen molar-refractivity contribution in [2.45, 2.75) is 45.1 Å². The maximum absolute atomic E-state index is 9.73. The second-order valence-electron chi connectivity index (χ2n) is 5.21. The van der Waals surface area contributed by atoms with E-state index in [1.165, 1.54) is 0 Å². The molecule has 1 unspecified atom stereocenters. The molecule has 4 nitrogen and oxygen atoms in total. The third-order valence-electron chi connectivity index (χ3n) is 3.55. The van der Waals surface area contributed by atoms with Crippen LogP contribution in [0.4, 0.5) is 11.4 Å². The molecule has 0 amide bonds. The highest BCUT2D eigenvalue weighted by Crippen LogP contribution is 2.18. The number of anilines is 2. The molecule has 1 aromatic rings. The predicted molar refractivity (Wildman–Crippen MR) is 84.9 cm³/mol. The van der Waals surface area contributed by atoms with E-state index < -0.39 is 0 Å². The molecule has 1 atom stereocenters. The SMILES string of the molecule is CCC(O)CCN(CCCCCO)c1ccc(N)cc1. The van der Waals surface area contributed by atoms with Crippen molar-refractivity contribution >= 4 is 11.4 Å². The molecular weight excluding hydrogens is 252 g/mol. The first-order valence-corrected chi connectivity index (χ1v) is 7.56. The lowest BCUT2D eigenvalue weighted by Gasteiger charge is -2.26. The van der Waals surface area contributed by atoms with Gasteiger partial charge in [0.25, 0.3) is 0 Å². The third kappa shape index (κ3) is 6.26. The van der Waals surface area contributed by atoms with Gasteiger partial charge in [0.15, 0.2) is 0 Å². The normalized spacial score (nSPS) is 12.3. The molecule has 0 heterocycles. The Morgan fingerprint density at radius 3 is 2.40 bits per heavy atom. The van der Waals surface area contributed by atoms with Crippen LogP contribution in [0, 0.1) is 0 Å². The highest BCUT2D eigenvalue weighted by molar-refractivity contribution is 5.53. The molecule has 1 rings (SSSR count). The Morgan fingerprint density at radius 2 is 1.80 bits per heavy atom. The zero-order chi connectivity index (χ0) is 14.8. The van der Waals surface area contributed by atoms with Gasteiger partial charge >= 0.3 is 0 Å². The number of nitrogens with zero attached hydrogens (tertiary/aromatic N) is 1. The highest BCUT2D eigenvalue weighted by Gasteiger charge is 2.09. The van der Waals surface area contributed by atoms with E-state index in [0.717, 1.165) is 56.6 Å². The van der Waals surface area contributed by atoms with Crippen molar-refractivity contribution in [1.29, 1.82) is 0 Å². The van der Waals surface area contributed by atoms with Gasteiger partial charge in [-0.25, -0.2) is 0 Å². The molecular formula is C16H28N2O2. The van der Waals surface area contributed by atoms with Gasteiger partial charge in [-0.3, -0.25) is 0 Å². The van der Waals surface area contributed by atoms with Crippen LogP contribution < -0.4 is 10.6 Å². The summed E-state index contributed by atoms with van der Waals surface area (Å²) in [5.74, 6) is 0. The van der Waals surface area contributed by atoms with Crippen LogP contribution in [0.3, 0.4) is 0 Å². The molecule has 0 bridgehead atoms. The van der Waals surface area contributed by atoms with E-state index in [4.69, 9.17) is 10.8 Å². The van der Waals surface area contributed by atoms with Crippen LogP contribution in [0.1, 0.15) is 39.0 Å². The first-order valence-electron chi connectivity index (χ1n) is 7.56. The summed E-state index contributed by atoms with van der Waals surface area (Å²) in [5, 5.41) is 18.6. The highest BCUT2D eigenvalue weighted by atomic mass is 16.3. The number of nitrogen functional groups attached to an aromatic ring is 1. The molecule has 4 N–H and O–H groups in total. The summed E-state index contributed by atoms with van der Waals surface area (Å²) in [7, 11) is 0. The van der Waals surface area contributed by atoms with Crippen molar-refractivity contribution < 1.29 is 10.2 Å². The largest absolute Gasteiger partial charge is 0.399 e. The Hall–Kier alpha value is -1.26.